The lowest BCUT2D eigenvalue weighted by Gasteiger charge is -2.21. The molecule has 1 heterocycles. The molecule has 21 heavy (non-hydrogen) atoms. The Morgan fingerprint density at radius 2 is 2.24 bits per heavy atom. The predicted octanol–water partition coefficient (Wildman–Crippen LogP) is 2.53. The average molecular weight is 293 g/mol. The van der Waals surface area contributed by atoms with E-state index in [1.165, 1.54) is 0 Å². The lowest BCUT2D eigenvalue weighted by atomic mass is 10.1. The Morgan fingerprint density at radius 1 is 1.43 bits per heavy atom. The van der Waals surface area contributed by atoms with E-state index in [2.05, 4.69) is 6.92 Å². The van der Waals surface area contributed by atoms with E-state index < -0.39 is 5.97 Å². The first-order valence-corrected chi connectivity index (χ1v) is 7.42. The number of carboxylic acid groups (broad SMARTS) is 1. The van der Waals surface area contributed by atoms with Crippen molar-refractivity contribution in [3.63, 3.8) is 0 Å². The van der Waals surface area contributed by atoms with Gasteiger partial charge in [0.2, 0.25) is 0 Å². The first-order chi connectivity index (χ1) is 10.2. The molecule has 1 aliphatic heterocycles. The summed E-state index contributed by atoms with van der Waals surface area (Å²) in [4.78, 5) is 13.2. The Labute approximate surface area is 125 Å². The van der Waals surface area contributed by atoms with Gasteiger partial charge in [0.1, 0.15) is 6.04 Å². The Kier molecular flexibility index (Phi) is 5.44. The maximum atomic E-state index is 11.2. The molecular formula is C16H23NO4. The smallest absolute Gasteiger partial charge is 0.320 e. The van der Waals surface area contributed by atoms with Gasteiger partial charge in [-0.1, -0.05) is 13.0 Å². The van der Waals surface area contributed by atoms with Gasteiger partial charge in [0.25, 0.3) is 0 Å². The largest absolute Gasteiger partial charge is 0.493 e. The van der Waals surface area contributed by atoms with Crippen molar-refractivity contribution < 1.29 is 19.4 Å². The number of ether oxygens (including phenoxy) is 2. The molecule has 0 bridgehead atoms. The second-order valence-corrected chi connectivity index (χ2v) is 5.30. The van der Waals surface area contributed by atoms with Crippen LogP contribution in [-0.2, 0) is 11.3 Å². The van der Waals surface area contributed by atoms with Gasteiger partial charge in [-0.25, -0.2) is 0 Å². The van der Waals surface area contributed by atoms with Gasteiger partial charge in [0.05, 0.1) is 13.7 Å². The third kappa shape index (κ3) is 3.88. The second kappa shape index (κ2) is 7.31. The Morgan fingerprint density at radius 3 is 2.90 bits per heavy atom. The monoisotopic (exact) mass is 293 g/mol. The van der Waals surface area contributed by atoms with Crippen LogP contribution in [-0.4, -0.2) is 42.3 Å². The van der Waals surface area contributed by atoms with E-state index in [4.69, 9.17) is 9.47 Å². The van der Waals surface area contributed by atoms with E-state index in [-0.39, 0.29) is 6.04 Å². The average Bonchev–Trinajstić information content (AvgIpc) is 2.94. The van der Waals surface area contributed by atoms with Gasteiger partial charge >= 0.3 is 5.97 Å². The zero-order valence-electron chi connectivity index (χ0n) is 12.7. The second-order valence-electron chi connectivity index (χ2n) is 5.30. The molecule has 1 fully saturated rings. The highest BCUT2D eigenvalue weighted by Crippen LogP contribution is 2.30. The fourth-order valence-corrected chi connectivity index (χ4v) is 2.67. The lowest BCUT2D eigenvalue weighted by Crippen LogP contribution is -2.35. The highest BCUT2D eigenvalue weighted by molar-refractivity contribution is 5.73. The van der Waals surface area contributed by atoms with Crippen molar-refractivity contribution >= 4 is 5.97 Å². The lowest BCUT2D eigenvalue weighted by molar-refractivity contribution is -0.142. The van der Waals surface area contributed by atoms with Gasteiger partial charge in [0, 0.05) is 6.54 Å². The Hall–Kier alpha value is -1.75. The van der Waals surface area contributed by atoms with E-state index in [1.807, 2.05) is 23.1 Å². The van der Waals surface area contributed by atoms with Crippen LogP contribution in [0.5, 0.6) is 11.5 Å². The zero-order valence-corrected chi connectivity index (χ0v) is 12.7. The van der Waals surface area contributed by atoms with Crippen molar-refractivity contribution in [2.24, 2.45) is 0 Å². The molecule has 2 rings (SSSR count). The van der Waals surface area contributed by atoms with E-state index in [0.717, 1.165) is 37.1 Å². The summed E-state index contributed by atoms with van der Waals surface area (Å²) >= 11 is 0. The summed E-state index contributed by atoms with van der Waals surface area (Å²) in [5, 5.41) is 9.22. The van der Waals surface area contributed by atoms with Crippen molar-refractivity contribution in [2.45, 2.75) is 38.8 Å². The number of carboxylic acids is 1. The van der Waals surface area contributed by atoms with Crippen LogP contribution in [0.25, 0.3) is 0 Å². The summed E-state index contributed by atoms with van der Waals surface area (Å²) in [5.41, 5.74) is 1.05. The molecule has 5 heteroatoms. The summed E-state index contributed by atoms with van der Waals surface area (Å²) in [6, 6.07) is 5.44. The number of carbonyl (C=O) groups is 1. The first kappa shape index (κ1) is 15.6. The molecule has 0 aliphatic carbocycles. The van der Waals surface area contributed by atoms with Crippen LogP contribution in [0.2, 0.25) is 0 Å². The van der Waals surface area contributed by atoms with Gasteiger partial charge in [-0.3, -0.25) is 9.69 Å². The number of aliphatic carboxylic acids is 1. The highest BCUT2D eigenvalue weighted by atomic mass is 16.5. The molecule has 1 aromatic rings. The first-order valence-electron chi connectivity index (χ1n) is 7.42. The van der Waals surface area contributed by atoms with Gasteiger partial charge in [-0.2, -0.15) is 0 Å². The van der Waals surface area contributed by atoms with Crippen LogP contribution in [0.4, 0.5) is 0 Å². The molecule has 1 saturated heterocycles. The molecule has 0 saturated carbocycles. The van der Waals surface area contributed by atoms with E-state index in [1.54, 1.807) is 7.11 Å². The quantitative estimate of drug-likeness (QED) is 0.837. The summed E-state index contributed by atoms with van der Waals surface area (Å²) in [7, 11) is 1.62. The molecule has 0 spiro atoms. The topological polar surface area (TPSA) is 59.0 Å². The standard InChI is InChI=1S/C16H23NO4/c1-3-9-21-14-7-6-12(10-15(14)20-2)11-17-8-4-5-13(17)16(18)19/h6-7,10,13H,3-5,8-9,11H2,1-2H3,(H,18,19)/t13-/m0/s1. The Balaban J connectivity index is 2.08. The molecule has 0 unspecified atom stereocenters. The number of likely N-dealkylation sites (tertiary alicyclic amines) is 1. The van der Waals surface area contributed by atoms with Crippen molar-refractivity contribution in [2.75, 3.05) is 20.3 Å². The van der Waals surface area contributed by atoms with Crippen LogP contribution in [0.1, 0.15) is 31.7 Å². The number of nitrogens with zero attached hydrogens (tertiary/aromatic N) is 1. The maximum absolute atomic E-state index is 11.2. The number of benzene rings is 1. The molecule has 0 aromatic heterocycles. The molecule has 5 nitrogen and oxygen atoms in total. The number of rotatable bonds is 7. The number of hydrogen-bond acceptors (Lipinski definition) is 4. The molecule has 0 amide bonds. The van der Waals surface area contributed by atoms with Gasteiger partial charge in [-0.15, -0.1) is 0 Å². The van der Waals surface area contributed by atoms with Crippen LogP contribution in [0, 0.1) is 0 Å². The van der Waals surface area contributed by atoms with Crippen molar-refractivity contribution in [1.82, 2.24) is 4.90 Å². The van der Waals surface area contributed by atoms with Crippen LogP contribution in [0.15, 0.2) is 18.2 Å². The molecule has 1 aromatic carbocycles. The van der Waals surface area contributed by atoms with Crippen LogP contribution in [0.3, 0.4) is 0 Å². The predicted molar refractivity (Wildman–Crippen MR) is 79.8 cm³/mol. The minimum absolute atomic E-state index is 0.369. The van der Waals surface area contributed by atoms with E-state index in [0.29, 0.717) is 18.9 Å². The summed E-state index contributed by atoms with van der Waals surface area (Å²) in [6.07, 6.45) is 2.61. The highest BCUT2D eigenvalue weighted by Gasteiger charge is 2.30. The summed E-state index contributed by atoms with van der Waals surface area (Å²) in [6.45, 7) is 4.16. The number of hydrogen-bond donors (Lipinski definition) is 1. The van der Waals surface area contributed by atoms with Crippen LogP contribution < -0.4 is 9.47 Å². The maximum Gasteiger partial charge on any atom is 0.320 e. The Bertz CT molecular complexity index is 489. The van der Waals surface area contributed by atoms with Crippen molar-refractivity contribution in [3.8, 4) is 11.5 Å². The normalized spacial score (nSPS) is 18.7. The SMILES string of the molecule is CCCOc1ccc(CN2CCC[C@H]2C(=O)O)cc1OC. The van der Waals surface area contributed by atoms with E-state index in [9.17, 15) is 9.90 Å². The fraction of sp³-hybridized carbons (Fsp3) is 0.562. The molecule has 0 radical (unpaired) electrons. The van der Waals surface area contributed by atoms with Gasteiger partial charge < -0.3 is 14.6 Å². The third-order valence-electron chi connectivity index (χ3n) is 3.72. The van der Waals surface area contributed by atoms with E-state index >= 15 is 0 Å². The molecular weight excluding hydrogens is 270 g/mol. The molecule has 116 valence electrons. The molecule has 1 aliphatic rings. The third-order valence-corrected chi connectivity index (χ3v) is 3.72. The summed E-state index contributed by atoms with van der Waals surface area (Å²) < 4.78 is 11.0. The van der Waals surface area contributed by atoms with Gasteiger partial charge in [-0.05, 0) is 43.5 Å². The van der Waals surface area contributed by atoms with Crippen molar-refractivity contribution in [3.05, 3.63) is 23.8 Å². The number of methoxy groups -OCH3 is 1. The molecule has 1 N–H and O–H groups in total. The van der Waals surface area contributed by atoms with Crippen molar-refractivity contribution in [1.29, 1.82) is 0 Å². The van der Waals surface area contributed by atoms with Crippen LogP contribution >= 0.6 is 0 Å². The fourth-order valence-electron chi connectivity index (χ4n) is 2.67. The minimum Gasteiger partial charge on any atom is -0.493 e. The minimum atomic E-state index is -0.734. The summed E-state index contributed by atoms with van der Waals surface area (Å²) in [5.74, 6) is 0.702. The van der Waals surface area contributed by atoms with Gasteiger partial charge in [0.15, 0.2) is 11.5 Å². The zero-order chi connectivity index (χ0) is 15.2. The molecule has 1 atom stereocenters.